The summed E-state index contributed by atoms with van der Waals surface area (Å²) < 4.78 is 0. The van der Waals surface area contributed by atoms with Crippen molar-refractivity contribution in [3.05, 3.63) is 0 Å². The van der Waals surface area contributed by atoms with Crippen LogP contribution in [0.3, 0.4) is 0 Å². The molecule has 0 amide bonds. The third kappa shape index (κ3) is 9.85. The largest absolute Gasteiger partial charge is 0.393 e. The Morgan fingerprint density at radius 2 is 2.21 bits per heavy atom. The molecule has 0 spiro atoms. The molecule has 0 saturated heterocycles. The molecule has 0 bridgehead atoms. The van der Waals surface area contributed by atoms with Crippen molar-refractivity contribution in [3.63, 3.8) is 0 Å². The Balaban J connectivity index is 3.19. The number of aliphatic hydroxyl groups excluding tert-OH is 1. The zero-order valence-electron chi connectivity index (χ0n) is 9.07. The van der Waals surface area contributed by atoms with E-state index in [1.54, 1.807) is 11.8 Å². The lowest BCUT2D eigenvalue weighted by Crippen LogP contribution is -2.23. The predicted molar refractivity (Wildman–Crippen MR) is 61.3 cm³/mol. The highest BCUT2D eigenvalue weighted by Gasteiger charge is 2.00. The van der Waals surface area contributed by atoms with Gasteiger partial charge in [0.15, 0.2) is 0 Å². The van der Waals surface area contributed by atoms with Gasteiger partial charge >= 0.3 is 0 Å². The second-order valence-electron chi connectivity index (χ2n) is 3.51. The van der Waals surface area contributed by atoms with Gasteiger partial charge in [0.2, 0.25) is 0 Å². The van der Waals surface area contributed by atoms with Crippen LogP contribution in [0.2, 0.25) is 0 Å². The zero-order chi connectivity index (χ0) is 10.8. The van der Waals surface area contributed by atoms with Crippen molar-refractivity contribution >= 4 is 11.8 Å². The Bertz CT molecular complexity index is 168. The van der Waals surface area contributed by atoms with E-state index in [9.17, 15) is 0 Å². The standard InChI is InChI=1S/C10H20N2OS/c1-10(13)4-7-12(2)6-3-8-14-9-5-11/h10,13H,3-4,6-9H2,1-2H3. The molecule has 0 heterocycles. The number of nitriles is 1. The van der Waals surface area contributed by atoms with Crippen molar-refractivity contribution in [3.8, 4) is 6.07 Å². The molecule has 1 N–H and O–H groups in total. The molecule has 0 aromatic heterocycles. The fraction of sp³-hybridized carbons (Fsp3) is 0.900. The Morgan fingerprint density at radius 1 is 1.50 bits per heavy atom. The van der Waals surface area contributed by atoms with Crippen molar-refractivity contribution in [2.75, 3.05) is 31.6 Å². The number of hydrogen-bond donors (Lipinski definition) is 1. The van der Waals surface area contributed by atoms with E-state index in [1.807, 2.05) is 6.92 Å². The Hall–Kier alpha value is -0.240. The Kier molecular flexibility index (Phi) is 9.16. The summed E-state index contributed by atoms with van der Waals surface area (Å²) >= 11 is 1.68. The quantitative estimate of drug-likeness (QED) is 0.622. The van der Waals surface area contributed by atoms with E-state index >= 15 is 0 Å². The molecule has 0 aliphatic heterocycles. The third-order valence-electron chi connectivity index (χ3n) is 1.92. The third-order valence-corrected chi connectivity index (χ3v) is 2.83. The first-order valence-corrected chi connectivity index (χ1v) is 6.13. The van der Waals surface area contributed by atoms with Crippen molar-refractivity contribution in [1.29, 1.82) is 5.26 Å². The maximum Gasteiger partial charge on any atom is 0.0808 e. The van der Waals surface area contributed by atoms with E-state index in [0.29, 0.717) is 5.75 Å². The molecule has 0 radical (unpaired) electrons. The van der Waals surface area contributed by atoms with E-state index in [-0.39, 0.29) is 6.10 Å². The monoisotopic (exact) mass is 216 g/mol. The lowest BCUT2D eigenvalue weighted by atomic mass is 10.3. The molecule has 1 atom stereocenters. The molecular weight excluding hydrogens is 196 g/mol. The average molecular weight is 216 g/mol. The zero-order valence-corrected chi connectivity index (χ0v) is 9.89. The topological polar surface area (TPSA) is 47.3 Å². The van der Waals surface area contributed by atoms with Crippen LogP contribution in [0.25, 0.3) is 0 Å². The van der Waals surface area contributed by atoms with Crippen LogP contribution in [0.15, 0.2) is 0 Å². The summed E-state index contributed by atoms with van der Waals surface area (Å²) in [4.78, 5) is 2.22. The van der Waals surface area contributed by atoms with Crippen molar-refractivity contribution in [1.82, 2.24) is 4.90 Å². The Morgan fingerprint density at radius 3 is 2.79 bits per heavy atom. The van der Waals surface area contributed by atoms with E-state index in [2.05, 4.69) is 18.0 Å². The molecule has 0 rings (SSSR count). The Labute approximate surface area is 91.1 Å². The van der Waals surface area contributed by atoms with Gasteiger partial charge in [0.1, 0.15) is 0 Å². The summed E-state index contributed by atoms with van der Waals surface area (Å²) in [5.74, 6) is 1.64. The highest BCUT2D eigenvalue weighted by Crippen LogP contribution is 2.02. The van der Waals surface area contributed by atoms with Gasteiger partial charge in [-0.25, -0.2) is 0 Å². The fourth-order valence-electron chi connectivity index (χ4n) is 1.07. The predicted octanol–water partition coefficient (Wildman–Crippen LogP) is 1.34. The van der Waals surface area contributed by atoms with Crippen molar-refractivity contribution in [2.45, 2.75) is 25.9 Å². The molecule has 82 valence electrons. The van der Waals surface area contributed by atoms with Gasteiger partial charge in [0.25, 0.3) is 0 Å². The highest BCUT2D eigenvalue weighted by atomic mass is 32.2. The first-order valence-electron chi connectivity index (χ1n) is 4.98. The number of rotatable bonds is 8. The van der Waals surface area contributed by atoms with Gasteiger partial charge in [0, 0.05) is 6.54 Å². The van der Waals surface area contributed by atoms with E-state index in [0.717, 1.165) is 31.7 Å². The molecule has 0 aliphatic carbocycles. The normalized spacial score (nSPS) is 12.8. The van der Waals surface area contributed by atoms with Gasteiger partial charge in [-0.1, -0.05) is 0 Å². The number of thioether (sulfide) groups is 1. The first-order chi connectivity index (χ1) is 6.66. The molecular formula is C10H20N2OS. The molecule has 0 aromatic rings. The van der Waals surface area contributed by atoms with Crippen LogP contribution in [0, 0.1) is 11.3 Å². The highest BCUT2D eigenvalue weighted by molar-refractivity contribution is 7.99. The number of hydrogen-bond acceptors (Lipinski definition) is 4. The number of nitrogens with zero attached hydrogens (tertiary/aromatic N) is 2. The maximum absolute atomic E-state index is 9.08. The summed E-state index contributed by atoms with van der Waals surface area (Å²) in [5, 5.41) is 17.4. The number of aliphatic hydroxyl groups is 1. The summed E-state index contributed by atoms with van der Waals surface area (Å²) in [6.45, 7) is 3.81. The van der Waals surface area contributed by atoms with Crippen LogP contribution in [0.1, 0.15) is 19.8 Å². The fourth-order valence-corrected chi connectivity index (χ4v) is 1.64. The van der Waals surface area contributed by atoms with Crippen LogP contribution in [0.4, 0.5) is 0 Å². The molecule has 0 aromatic carbocycles. The molecule has 0 aliphatic rings. The summed E-state index contributed by atoms with van der Waals surface area (Å²) in [6, 6.07) is 2.11. The minimum atomic E-state index is -0.203. The maximum atomic E-state index is 9.08. The van der Waals surface area contributed by atoms with E-state index in [4.69, 9.17) is 10.4 Å². The van der Waals surface area contributed by atoms with Crippen LogP contribution in [-0.4, -0.2) is 47.8 Å². The van der Waals surface area contributed by atoms with Gasteiger partial charge in [-0.15, -0.1) is 11.8 Å². The second-order valence-corrected chi connectivity index (χ2v) is 4.61. The summed E-state index contributed by atoms with van der Waals surface area (Å²) in [6.07, 6.45) is 1.75. The van der Waals surface area contributed by atoms with Crippen LogP contribution in [-0.2, 0) is 0 Å². The lowest BCUT2D eigenvalue weighted by molar-refractivity contribution is 0.164. The van der Waals surface area contributed by atoms with Crippen molar-refractivity contribution in [2.24, 2.45) is 0 Å². The SMILES string of the molecule is CC(O)CCN(C)CCCSCC#N. The average Bonchev–Trinajstić information content (AvgIpc) is 2.14. The molecule has 3 nitrogen and oxygen atoms in total. The van der Waals surface area contributed by atoms with Crippen LogP contribution in [0.5, 0.6) is 0 Å². The minimum Gasteiger partial charge on any atom is -0.393 e. The molecule has 0 saturated carbocycles. The summed E-state index contributed by atoms with van der Waals surface area (Å²) in [7, 11) is 2.07. The lowest BCUT2D eigenvalue weighted by Gasteiger charge is -2.16. The van der Waals surface area contributed by atoms with E-state index in [1.165, 1.54) is 0 Å². The van der Waals surface area contributed by atoms with E-state index < -0.39 is 0 Å². The molecule has 0 fully saturated rings. The van der Waals surface area contributed by atoms with Crippen LogP contribution >= 0.6 is 11.8 Å². The van der Waals surface area contributed by atoms with Crippen molar-refractivity contribution < 1.29 is 5.11 Å². The molecule has 14 heavy (non-hydrogen) atoms. The van der Waals surface area contributed by atoms with Gasteiger partial charge in [0.05, 0.1) is 17.9 Å². The second kappa shape index (κ2) is 9.32. The van der Waals surface area contributed by atoms with Gasteiger partial charge in [-0.05, 0) is 39.1 Å². The van der Waals surface area contributed by atoms with Gasteiger partial charge in [-0.3, -0.25) is 0 Å². The first kappa shape index (κ1) is 13.8. The molecule has 4 heteroatoms. The molecule has 1 unspecified atom stereocenters. The smallest absolute Gasteiger partial charge is 0.0808 e. The van der Waals surface area contributed by atoms with Gasteiger partial charge < -0.3 is 10.0 Å². The minimum absolute atomic E-state index is 0.203. The summed E-state index contributed by atoms with van der Waals surface area (Å²) in [5.41, 5.74) is 0. The van der Waals surface area contributed by atoms with Crippen LogP contribution < -0.4 is 0 Å². The van der Waals surface area contributed by atoms with Gasteiger partial charge in [-0.2, -0.15) is 5.26 Å².